The van der Waals surface area contributed by atoms with E-state index in [0.29, 0.717) is 0 Å². The first kappa shape index (κ1) is 14.7. The Kier molecular flexibility index (Phi) is 4.54. The van der Waals surface area contributed by atoms with Crippen LogP contribution in [0.5, 0.6) is 0 Å². The van der Waals surface area contributed by atoms with Crippen LogP contribution in [0, 0.1) is 20.8 Å². The first-order valence-electron chi connectivity index (χ1n) is 6.58. The van der Waals surface area contributed by atoms with Gasteiger partial charge in [-0.2, -0.15) is 0 Å². The van der Waals surface area contributed by atoms with Gasteiger partial charge in [-0.1, -0.05) is 6.92 Å². The number of rotatable bonds is 4. The van der Waals surface area contributed by atoms with Crippen molar-refractivity contribution in [1.29, 1.82) is 0 Å². The van der Waals surface area contributed by atoms with Crippen molar-refractivity contribution in [2.45, 2.75) is 44.3 Å². The molecule has 1 N–H and O–H groups in total. The molecule has 0 saturated carbocycles. The fourth-order valence-corrected chi connectivity index (χ4v) is 2.89. The van der Waals surface area contributed by atoms with E-state index in [0.717, 1.165) is 44.9 Å². The summed E-state index contributed by atoms with van der Waals surface area (Å²) in [6.45, 7) is 8.15. The Bertz CT molecular complexity index is 604. The summed E-state index contributed by atoms with van der Waals surface area (Å²) in [5.41, 5.74) is 4.27. The summed E-state index contributed by atoms with van der Waals surface area (Å²) in [4.78, 5) is 17.7. The molecule has 0 fully saturated rings. The maximum absolute atomic E-state index is 4.53. The number of aromatic nitrogens is 4. The smallest absolute Gasteiger partial charge is 0.194 e. The molecule has 0 aliphatic rings. The highest BCUT2D eigenvalue weighted by Crippen LogP contribution is 2.30. The third-order valence-corrected chi connectivity index (χ3v) is 4.21. The van der Waals surface area contributed by atoms with Crippen molar-refractivity contribution in [2.24, 2.45) is 0 Å². The quantitative estimate of drug-likeness (QED) is 0.689. The lowest BCUT2D eigenvalue weighted by Gasteiger charge is -2.11. The van der Waals surface area contributed by atoms with Crippen LogP contribution < -0.4 is 5.32 Å². The molecule has 0 amide bonds. The van der Waals surface area contributed by atoms with Crippen molar-refractivity contribution in [3.8, 4) is 0 Å². The van der Waals surface area contributed by atoms with Gasteiger partial charge in [0.15, 0.2) is 5.16 Å². The summed E-state index contributed by atoms with van der Waals surface area (Å²) in [5, 5.41) is 4.75. The minimum absolute atomic E-state index is 0.737. The Morgan fingerprint density at radius 3 is 2.30 bits per heavy atom. The van der Waals surface area contributed by atoms with E-state index in [-0.39, 0.29) is 0 Å². The fourth-order valence-electron chi connectivity index (χ4n) is 1.89. The number of nitrogens with zero attached hydrogens (tertiary/aromatic N) is 4. The van der Waals surface area contributed by atoms with Crippen LogP contribution in [0.2, 0.25) is 0 Å². The third kappa shape index (κ3) is 2.90. The highest BCUT2D eigenvalue weighted by atomic mass is 32.2. The van der Waals surface area contributed by atoms with Crippen molar-refractivity contribution in [2.75, 3.05) is 12.4 Å². The van der Waals surface area contributed by atoms with Crippen LogP contribution >= 0.6 is 11.8 Å². The Balaban J connectivity index is 2.40. The molecular formula is C14H19N5S. The lowest BCUT2D eigenvalue weighted by molar-refractivity contribution is 0.871. The number of anilines is 1. The van der Waals surface area contributed by atoms with E-state index < -0.39 is 0 Å². The molecule has 2 rings (SSSR count). The van der Waals surface area contributed by atoms with Gasteiger partial charge in [0.25, 0.3) is 0 Å². The number of hydrogen-bond acceptors (Lipinski definition) is 6. The summed E-state index contributed by atoms with van der Waals surface area (Å²) in [6, 6.07) is 0. The van der Waals surface area contributed by atoms with E-state index >= 15 is 0 Å². The molecule has 0 aliphatic carbocycles. The third-order valence-electron chi connectivity index (χ3n) is 3.30. The van der Waals surface area contributed by atoms with Gasteiger partial charge in [-0.3, -0.25) is 0 Å². The summed E-state index contributed by atoms with van der Waals surface area (Å²) in [7, 11) is 1.87. The van der Waals surface area contributed by atoms with Gasteiger partial charge in [0.1, 0.15) is 17.2 Å². The highest BCUT2D eigenvalue weighted by molar-refractivity contribution is 7.99. The van der Waals surface area contributed by atoms with Crippen LogP contribution in [0.3, 0.4) is 0 Å². The second-order valence-electron chi connectivity index (χ2n) is 4.51. The molecule has 6 heteroatoms. The number of nitrogens with one attached hydrogen (secondary N) is 1. The van der Waals surface area contributed by atoms with Gasteiger partial charge in [-0.05, 0) is 44.5 Å². The average Bonchev–Trinajstić information content (AvgIpc) is 2.44. The molecular weight excluding hydrogens is 270 g/mol. The summed E-state index contributed by atoms with van der Waals surface area (Å²) < 4.78 is 0. The second kappa shape index (κ2) is 6.17. The van der Waals surface area contributed by atoms with E-state index in [4.69, 9.17) is 0 Å². The lowest BCUT2D eigenvalue weighted by atomic mass is 10.2. The van der Waals surface area contributed by atoms with Crippen molar-refractivity contribution in [3.05, 3.63) is 28.8 Å². The first-order valence-corrected chi connectivity index (χ1v) is 7.39. The highest BCUT2D eigenvalue weighted by Gasteiger charge is 2.13. The molecule has 106 valence electrons. The topological polar surface area (TPSA) is 63.6 Å². The zero-order chi connectivity index (χ0) is 14.7. The summed E-state index contributed by atoms with van der Waals surface area (Å²) in [6.07, 6.45) is 2.43. The van der Waals surface area contributed by atoms with Crippen molar-refractivity contribution in [3.63, 3.8) is 0 Å². The molecule has 2 aromatic heterocycles. The van der Waals surface area contributed by atoms with Crippen LogP contribution in [-0.2, 0) is 6.42 Å². The van der Waals surface area contributed by atoms with Gasteiger partial charge >= 0.3 is 0 Å². The summed E-state index contributed by atoms with van der Waals surface area (Å²) in [5.74, 6) is 0.866. The molecule has 0 bridgehead atoms. The van der Waals surface area contributed by atoms with Gasteiger partial charge in [0.05, 0.1) is 0 Å². The van der Waals surface area contributed by atoms with Crippen LogP contribution in [0.1, 0.15) is 29.4 Å². The van der Waals surface area contributed by atoms with Gasteiger partial charge in [-0.15, -0.1) is 0 Å². The van der Waals surface area contributed by atoms with E-state index in [2.05, 4.69) is 32.2 Å². The Hall–Kier alpha value is -1.69. The van der Waals surface area contributed by atoms with Crippen molar-refractivity contribution < 1.29 is 0 Å². The van der Waals surface area contributed by atoms with Gasteiger partial charge in [0, 0.05) is 24.0 Å². The molecule has 0 radical (unpaired) electrons. The predicted octanol–water partition coefficient (Wildman–Crippen LogP) is 2.95. The zero-order valence-electron chi connectivity index (χ0n) is 12.5. The minimum atomic E-state index is 0.737. The number of hydrogen-bond donors (Lipinski definition) is 1. The second-order valence-corrected chi connectivity index (χ2v) is 5.47. The maximum atomic E-state index is 4.53. The van der Waals surface area contributed by atoms with E-state index in [1.807, 2.05) is 27.8 Å². The van der Waals surface area contributed by atoms with E-state index in [1.165, 1.54) is 11.8 Å². The van der Waals surface area contributed by atoms with Gasteiger partial charge < -0.3 is 5.32 Å². The van der Waals surface area contributed by atoms with Gasteiger partial charge in [0.2, 0.25) is 0 Å². The molecule has 5 nitrogen and oxygen atoms in total. The monoisotopic (exact) mass is 289 g/mol. The predicted molar refractivity (Wildman–Crippen MR) is 81.3 cm³/mol. The maximum Gasteiger partial charge on any atom is 0.194 e. The van der Waals surface area contributed by atoms with Crippen LogP contribution in [0.25, 0.3) is 0 Å². The number of aryl methyl sites for hydroxylation is 2. The molecule has 2 heterocycles. The largest absolute Gasteiger partial charge is 0.373 e. The van der Waals surface area contributed by atoms with Crippen molar-refractivity contribution >= 4 is 17.6 Å². The molecule has 0 aliphatic heterocycles. The minimum Gasteiger partial charge on any atom is -0.373 e. The lowest BCUT2D eigenvalue weighted by Crippen LogP contribution is -2.03. The van der Waals surface area contributed by atoms with E-state index in [1.54, 1.807) is 6.33 Å². The Morgan fingerprint density at radius 2 is 1.75 bits per heavy atom. The van der Waals surface area contributed by atoms with E-state index in [9.17, 15) is 0 Å². The summed E-state index contributed by atoms with van der Waals surface area (Å²) >= 11 is 1.49. The first-order chi connectivity index (χ1) is 9.56. The molecule has 0 spiro atoms. The SMILES string of the molecule is CCc1c(NC)ncnc1Sc1nc(C)c(C)c(C)n1. The van der Waals surface area contributed by atoms with Crippen LogP contribution in [-0.4, -0.2) is 27.0 Å². The zero-order valence-corrected chi connectivity index (χ0v) is 13.3. The normalized spacial score (nSPS) is 10.7. The van der Waals surface area contributed by atoms with Crippen molar-refractivity contribution in [1.82, 2.24) is 19.9 Å². The van der Waals surface area contributed by atoms with Crippen LogP contribution in [0.4, 0.5) is 5.82 Å². The fraction of sp³-hybridized carbons (Fsp3) is 0.429. The molecule has 0 aromatic carbocycles. The Morgan fingerprint density at radius 1 is 1.10 bits per heavy atom. The standard InChI is InChI=1S/C14H19N5S/c1-6-11-12(15-5)16-7-17-13(11)20-14-18-9(3)8(2)10(4)19-14/h7H,6H2,1-5H3,(H,15,16,17). The molecule has 20 heavy (non-hydrogen) atoms. The van der Waals surface area contributed by atoms with Gasteiger partial charge in [-0.25, -0.2) is 19.9 Å². The Labute approximate surface area is 123 Å². The van der Waals surface area contributed by atoms with Crippen LogP contribution in [0.15, 0.2) is 16.5 Å². The average molecular weight is 289 g/mol. The molecule has 0 unspecified atom stereocenters. The molecule has 0 atom stereocenters. The molecule has 2 aromatic rings. The molecule has 0 saturated heterocycles.